The highest BCUT2D eigenvalue weighted by Crippen LogP contribution is 2.30. The maximum absolute atomic E-state index is 12.2. The van der Waals surface area contributed by atoms with E-state index in [2.05, 4.69) is 19.0 Å². The highest BCUT2D eigenvalue weighted by atomic mass is 16.5. The van der Waals surface area contributed by atoms with Crippen LogP contribution in [-0.2, 0) is 9.53 Å². The van der Waals surface area contributed by atoms with E-state index in [4.69, 9.17) is 4.74 Å². The molecule has 0 aromatic heterocycles. The molecule has 1 aliphatic carbocycles. The smallest absolute Gasteiger partial charge is 0.251 e. The molecule has 5 nitrogen and oxygen atoms in total. The van der Waals surface area contributed by atoms with Gasteiger partial charge in [0.25, 0.3) is 5.91 Å². The average molecular weight is 298 g/mol. The molecule has 1 heterocycles. The molecule has 2 aliphatic rings. The number of piperidine rings is 1. The summed E-state index contributed by atoms with van der Waals surface area (Å²) in [5.41, 5.74) is 0. The number of aliphatic hydroxyl groups excluding tert-OH is 1. The maximum Gasteiger partial charge on any atom is 0.251 e. The van der Waals surface area contributed by atoms with Crippen molar-refractivity contribution in [3.8, 4) is 0 Å². The molecular weight excluding hydrogens is 268 g/mol. The van der Waals surface area contributed by atoms with E-state index in [-0.39, 0.29) is 17.9 Å². The molecule has 1 saturated heterocycles. The number of carbonyl (C=O) groups is 1. The van der Waals surface area contributed by atoms with Crippen molar-refractivity contribution in [1.82, 2.24) is 9.80 Å². The van der Waals surface area contributed by atoms with Gasteiger partial charge in [0.05, 0.1) is 6.10 Å². The highest BCUT2D eigenvalue weighted by molar-refractivity contribution is 5.81. The zero-order valence-electron chi connectivity index (χ0n) is 13.5. The fourth-order valence-corrected chi connectivity index (χ4v) is 3.02. The first-order valence-electron chi connectivity index (χ1n) is 8.31. The first-order valence-corrected chi connectivity index (χ1v) is 8.31. The Morgan fingerprint density at radius 1 is 1.29 bits per heavy atom. The lowest BCUT2D eigenvalue weighted by Crippen LogP contribution is -2.48. The molecule has 2 fully saturated rings. The molecule has 0 aromatic rings. The van der Waals surface area contributed by atoms with Crippen LogP contribution in [0.1, 0.15) is 38.5 Å². The maximum atomic E-state index is 12.2. The number of likely N-dealkylation sites (tertiary alicyclic amines) is 1. The molecule has 2 rings (SSSR count). The number of ether oxygens (including phenoxy) is 1. The van der Waals surface area contributed by atoms with Gasteiger partial charge in [-0.2, -0.15) is 0 Å². The molecule has 1 saturated carbocycles. The van der Waals surface area contributed by atoms with Crippen LogP contribution in [0.5, 0.6) is 0 Å². The number of amides is 1. The second kappa shape index (κ2) is 8.11. The molecule has 1 amide bonds. The molecule has 0 aromatic carbocycles. The standard InChI is InChI=1S/C16H30N2O3/c1-17(2)9-4-12-21-14-7-10-18(11-8-14)16(20)15(19)13-5-3-6-13/h13-15,19H,3-12H2,1-2H3. The number of hydrogen-bond donors (Lipinski definition) is 1. The van der Waals surface area contributed by atoms with Crippen LogP contribution in [0.3, 0.4) is 0 Å². The lowest BCUT2D eigenvalue weighted by atomic mass is 9.80. The second-order valence-electron chi connectivity index (χ2n) is 6.69. The molecule has 0 radical (unpaired) electrons. The van der Waals surface area contributed by atoms with Crippen LogP contribution in [0.15, 0.2) is 0 Å². The van der Waals surface area contributed by atoms with Gasteiger partial charge in [0.2, 0.25) is 0 Å². The Morgan fingerprint density at radius 2 is 1.95 bits per heavy atom. The Labute approximate surface area is 128 Å². The van der Waals surface area contributed by atoms with Gasteiger partial charge in [-0.15, -0.1) is 0 Å². The van der Waals surface area contributed by atoms with Gasteiger partial charge >= 0.3 is 0 Å². The van der Waals surface area contributed by atoms with Gasteiger partial charge in [-0.3, -0.25) is 4.79 Å². The molecule has 1 aliphatic heterocycles. The summed E-state index contributed by atoms with van der Waals surface area (Å²) in [6, 6.07) is 0. The summed E-state index contributed by atoms with van der Waals surface area (Å²) >= 11 is 0. The van der Waals surface area contributed by atoms with E-state index >= 15 is 0 Å². The summed E-state index contributed by atoms with van der Waals surface area (Å²) in [7, 11) is 4.13. The van der Waals surface area contributed by atoms with Crippen LogP contribution < -0.4 is 0 Å². The SMILES string of the molecule is CN(C)CCCOC1CCN(C(=O)C(O)C2CCC2)CC1. The zero-order valence-corrected chi connectivity index (χ0v) is 13.5. The van der Waals surface area contributed by atoms with Crippen molar-refractivity contribution in [2.75, 3.05) is 40.3 Å². The summed E-state index contributed by atoms with van der Waals surface area (Å²) in [5.74, 6) is 0.142. The topological polar surface area (TPSA) is 53.0 Å². The van der Waals surface area contributed by atoms with Crippen molar-refractivity contribution in [3.05, 3.63) is 0 Å². The van der Waals surface area contributed by atoms with Crippen molar-refractivity contribution in [1.29, 1.82) is 0 Å². The number of hydrogen-bond acceptors (Lipinski definition) is 4. The number of nitrogens with zero attached hydrogens (tertiary/aromatic N) is 2. The van der Waals surface area contributed by atoms with E-state index in [0.717, 1.165) is 64.8 Å². The lowest BCUT2D eigenvalue weighted by molar-refractivity contribution is -0.147. The molecular formula is C16H30N2O3. The zero-order chi connectivity index (χ0) is 15.2. The Morgan fingerprint density at radius 3 is 2.48 bits per heavy atom. The summed E-state index contributed by atoms with van der Waals surface area (Å²) < 4.78 is 5.87. The van der Waals surface area contributed by atoms with Crippen LogP contribution in [0.2, 0.25) is 0 Å². The summed E-state index contributed by atoms with van der Waals surface area (Å²) in [5, 5.41) is 10.1. The van der Waals surface area contributed by atoms with Crippen LogP contribution in [0.4, 0.5) is 0 Å². The summed E-state index contributed by atoms with van der Waals surface area (Å²) in [6.45, 7) is 3.29. The number of aliphatic hydroxyl groups is 1. The fourth-order valence-electron chi connectivity index (χ4n) is 3.02. The quantitative estimate of drug-likeness (QED) is 0.715. The second-order valence-corrected chi connectivity index (χ2v) is 6.69. The lowest BCUT2D eigenvalue weighted by Gasteiger charge is -2.36. The predicted molar refractivity (Wildman–Crippen MR) is 82.1 cm³/mol. The van der Waals surface area contributed by atoms with Crippen molar-refractivity contribution in [2.45, 2.75) is 50.7 Å². The Balaban J connectivity index is 1.62. The Kier molecular flexibility index (Phi) is 6.45. The van der Waals surface area contributed by atoms with Gasteiger partial charge in [0, 0.05) is 19.7 Å². The minimum absolute atomic E-state index is 0.0641. The van der Waals surface area contributed by atoms with Crippen molar-refractivity contribution in [3.63, 3.8) is 0 Å². The number of rotatable bonds is 7. The third kappa shape index (κ3) is 4.94. The van der Waals surface area contributed by atoms with Crippen molar-refractivity contribution >= 4 is 5.91 Å². The fraction of sp³-hybridized carbons (Fsp3) is 0.938. The molecule has 0 spiro atoms. The third-order valence-electron chi connectivity index (χ3n) is 4.71. The minimum atomic E-state index is -0.767. The summed E-state index contributed by atoms with van der Waals surface area (Å²) in [6.07, 6.45) is 5.49. The molecule has 21 heavy (non-hydrogen) atoms. The minimum Gasteiger partial charge on any atom is -0.383 e. The van der Waals surface area contributed by atoms with Gasteiger partial charge in [-0.05, 0) is 58.7 Å². The van der Waals surface area contributed by atoms with Gasteiger partial charge in [-0.1, -0.05) is 6.42 Å². The molecule has 122 valence electrons. The normalized spacial score (nSPS) is 22.4. The first-order chi connectivity index (χ1) is 10.1. The van der Waals surface area contributed by atoms with Gasteiger partial charge in [0.15, 0.2) is 0 Å². The van der Waals surface area contributed by atoms with E-state index in [9.17, 15) is 9.90 Å². The Hall–Kier alpha value is -0.650. The highest BCUT2D eigenvalue weighted by Gasteiger charge is 2.34. The molecule has 1 atom stereocenters. The largest absolute Gasteiger partial charge is 0.383 e. The van der Waals surface area contributed by atoms with E-state index in [1.54, 1.807) is 0 Å². The summed E-state index contributed by atoms with van der Waals surface area (Å²) in [4.78, 5) is 16.2. The van der Waals surface area contributed by atoms with E-state index in [0.29, 0.717) is 0 Å². The van der Waals surface area contributed by atoms with Crippen LogP contribution in [0, 0.1) is 5.92 Å². The van der Waals surface area contributed by atoms with Crippen molar-refractivity contribution < 1.29 is 14.6 Å². The molecule has 5 heteroatoms. The van der Waals surface area contributed by atoms with Crippen LogP contribution in [-0.4, -0.2) is 73.4 Å². The van der Waals surface area contributed by atoms with E-state index in [1.807, 2.05) is 4.90 Å². The molecule has 0 bridgehead atoms. The van der Waals surface area contributed by atoms with Crippen LogP contribution >= 0.6 is 0 Å². The Bertz CT molecular complexity index is 323. The first kappa shape index (κ1) is 16.7. The monoisotopic (exact) mass is 298 g/mol. The molecule has 1 N–H and O–H groups in total. The van der Waals surface area contributed by atoms with Gasteiger partial charge in [-0.25, -0.2) is 0 Å². The number of carbonyl (C=O) groups excluding carboxylic acids is 1. The molecule has 1 unspecified atom stereocenters. The van der Waals surface area contributed by atoms with E-state index in [1.165, 1.54) is 0 Å². The van der Waals surface area contributed by atoms with E-state index < -0.39 is 6.10 Å². The van der Waals surface area contributed by atoms with Gasteiger partial charge < -0.3 is 19.6 Å². The van der Waals surface area contributed by atoms with Gasteiger partial charge in [0.1, 0.15) is 6.10 Å². The van der Waals surface area contributed by atoms with Crippen molar-refractivity contribution in [2.24, 2.45) is 5.92 Å². The predicted octanol–water partition coefficient (Wildman–Crippen LogP) is 1.11. The third-order valence-corrected chi connectivity index (χ3v) is 4.71. The van der Waals surface area contributed by atoms with Crippen LogP contribution in [0.25, 0.3) is 0 Å². The average Bonchev–Trinajstić information content (AvgIpc) is 2.41.